The normalized spacial score (nSPS) is 11.1. The van der Waals surface area contributed by atoms with Crippen LogP contribution in [0, 0.1) is 5.92 Å². The van der Waals surface area contributed by atoms with Gasteiger partial charge in [-0.3, -0.25) is 0 Å². The lowest BCUT2D eigenvalue weighted by molar-refractivity contribution is 0.418. The van der Waals surface area contributed by atoms with Crippen molar-refractivity contribution in [3.05, 3.63) is 29.0 Å². The number of halogens is 1. The van der Waals surface area contributed by atoms with Gasteiger partial charge in [0.2, 0.25) is 0 Å². The van der Waals surface area contributed by atoms with Crippen molar-refractivity contribution in [1.82, 2.24) is 10.1 Å². The van der Waals surface area contributed by atoms with Crippen LogP contribution in [0.5, 0.6) is 0 Å². The first kappa shape index (κ1) is 11.9. The van der Waals surface area contributed by atoms with Crippen molar-refractivity contribution in [3.63, 3.8) is 0 Å². The first-order chi connectivity index (χ1) is 8.06. The van der Waals surface area contributed by atoms with E-state index in [0.717, 1.165) is 12.0 Å². The van der Waals surface area contributed by atoms with Gasteiger partial charge in [-0.1, -0.05) is 30.6 Å². The topological polar surface area (TPSA) is 64.9 Å². The quantitative estimate of drug-likeness (QED) is 0.851. The molecular weight excluding hydrogens is 238 g/mol. The van der Waals surface area contributed by atoms with Gasteiger partial charge >= 0.3 is 0 Å². The number of anilines is 1. The summed E-state index contributed by atoms with van der Waals surface area (Å²) in [5, 5.41) is 4.45. The van der Waals surface area contributed by atoms with Crippen molar-refractivity contribution < 1.29 is 4.52 Å². The Morgan fingerprint density at radius 1 is 1.41 bits per heavy atom. The van der Waals surface area contributed by atoms with Crippen molar-refractivity contribution in [1.29, 1.82) is 0 Å². The first-order valence-corrected chi connectivity index (χ1v) is 5.82. The molecule has 0 aliphatic rings. The van der Waals surface area contributed by atoms with E-state index in [1.54, 1.807) is 12.1 Å². The average Bonchev–Trinajstić information content (AvgIpc) is 2.69. The molecule has 2 rings (SSSR count). The number of aromatic nitrogens is 2. The molecule has 0 saturated heterocycles. The van der Waals surface area contributed by atoms with Crippen molar-refractivity contribution in [2.45, 2.75) is 20.3 Å². The number of rotatable bonds is 3. The van der Waals surface area contributed by atoms with Gasteiger partial charge in [0, 0.05) is 12.0 Å². The van der Waals surface area contributed by atoms with Crippen LogP contribution in [0.4, 0.5) is 5.69 Å². The maximum atomic E-state index is 5.85. The van der Waals surface area contributed by atoms with Gasteiger partial charge in [-0.25, -0.2) is 0 Å². The Morgan fingerprint density at radius 2 is 2.18 bits per heavy atom. The number of nitrogens with two attached hydrogens (primary N) is 1. The largest absolute Gasteiger partial charge is 0.398 e. The minimum atomic E-state index is 0.476. The first-order valence-electron chi connectivity index (χ1n) is 5.44. The fourth-order valence-corrected chi connectivity index (χ4v) is 1.61. The summed E-state index contributed by atoms with van der Waals surface area (Å²) in [5.41, 5.74) is 7.02. The van der Waals surface area contributed by atoms with Gasteiger partial charge in [-0.2, -0.15) is 4.98 Å². The molecule has 2 N–H and O–H groups in total. The van der Waals surface area contributed by atoms with Crippen LogP contribution in [0.1, 0.15) is 19.7 Å². The highest BCUT2D eigenvalue weighted by atomic mass is 35.5. The zero-order chi connectivity index (χ0) is 12.4. The third kappa shape index (κ3) is 2.77. The van der Waals surface area contributed by atoms with Gasteiger partial charge in [0.05, 0.1) is 10.7 Å². The molecule has 1 aromatic heterocycles. The highest BCUT2D eigenvalue weighted by molar-refractivity contribution is 6.33. The average molecular weight is 252 g/mol. The maximum Gasteiger partial charge on any atom is 0.257 e. The second kappa shape index (κ2) is 4.75. The highest BCUT2D eigenvalue weighted by Crippen LogP contribution is 2.25. The fourth-order valence-electron chi connectivity index (χ4n) is 1.50. The summed E-state index contributed by atoms with van der Waals surface area (Å²) in [6.07, 6.45) is 0.798. The van der Waals surface area contributed by atoms with Crippen LogP contribution >= 0.6 is 11.6 Å². The number of hydrogen-bond acceptors (Lipinski definition) is 4. The molecule has 0 spiro atoms. The summed E-state index contributed by atoms with van der Waals surface area (Å²) in [4.78, 5) is 4.32. The Labute approximate surface area is 105 Å². The van der Waals surface area contributed by atoms with E-state index in [-0.39, 0.29) is 0 Å². The maximum absolute atomic E-state index is 5.85. The lowest BCUT2D eigenvalue weighted by atomic mass is 10.1. The molecule has 17 heavy (non-hydrogen) atoms. The Hall–Kier alpha value is -1.55. The third-order valence-electron chi connectivity index (χ3n) is 2.30. The summed E-state index contributed by atoms with van der Waals surface area (Å²) in [6, 6.07) is 5.26. The predicted molar refractivity (Wildman–Crippen MR) is 67.7 cm³/mol. The third-order valence-corrected chi connectivity index (χ3v) is 2.65. The van der Waals surface area contributed by atoms with E-state index in [1.165, 1.54) is 0 Å². The van der Waals surface area contributed by atoms with E-state index in [0.29, 0.717) is 28.3 Å². The zero-order valence-electron chi connectivity index (χ0n) is 9.77. The van der Waals surface area contributed by atoms with Crippen molar-refractivity contribution in [2.24, 2.45) is 5.92 Å². The lowest BCUT2D eigenvalue weighted by Gasteiger charge is -1.99. The summed E-state index contributed by atoms with van der Waals surface area (Å²) in [7, 11) is 0. The molecule has 0 aliphatic carbocycles. The summed E-state index contributed by atoms with van der Waals surface area (Å²) in [5.74, 6) is 1.68. The molecular formula is C12H14ClN3O. The molecule has 90 valence electrons. The van der Waals surface area contributed by atoms with E-state index in [9.17, 15) is 0 Å². The van der Waals surface area contributed by atoms with Crippen molar-refractivity contribution in [2.75, 3.05) is 5.73 Å². The van der Waals surface area contributed by atoms with Crippen molar-refractivity contribution in [3.8, 4) is 11.5 Å². The number of benzene rings is 1. The van der Waals surface area contributed by atoms with Crippen LogP contribution in [-0.2, 0) is 6.42 Å². The summed E-state index contributed by atoms with van der Waals surface area (Å²) in [6.45, 7) is 4.21. The molecule has 0 aliphatic heterocycles. The van der Waals surface area contributed by atoms with Gasteiger partial charge < -0.3 is 10.3 Å². The van der Waals surface area contributed by atoms with Crippen LogP contribution in [0.2, 0.25) is 5.02 Å². The smallest absolute Gasteiger partial charge is 0.257 e. The van der Waals surface area contributed by atoms with Gasteiger partial charge in [-0.15, -0.1) is 0 Å². The van der Waals surface area contributed by atoms with E-state index in [1.807, 2.05) is 6.07 Å². The number of nitrogens with zero attached hydrogens (tertiary/aromatic N) is 2. The molecule has 0 unspecified atom stereocenters. The monoisotopic (exact) mass is 251 g/mol. The Morgan fingerprint density at radius 3 is 2.82 bits per heavy atom. The number of hydrogen-bond donors (Lipinski definition) is 1. The van der Waals surface area contributed by atoms with E-state index >= 15 is 0 Å². The molecule has 2 aromatic rings. The second-order valence-corrected chi connectivity index (χ2v) is 4.76. The van der Waals surface area contributed by atoms with Crippen LogP contribution in [0.25, 0.3) is 11.5 Å². The van der Waals surface area contributed by atoms with Crippen LogP contribution in [0.3, 0.4) is 0 Å². The van der Waals surface area contributed by atoms with Gasteiger partial charge in [0.25, 0.3) is 5.89 Å². The molecule has 0 bridgehead atoms. The number of nitrogen functional groups attached to an aromatic ring is 1. The van der Waals surface area contributed by atoms with Crippen LogP contribution < -0.4 is 5.73 Å². The molecule has 0 amide bonds. The molecule has 1 heterocycles. The zero-order valence-corrected chi connectivity index (χ0v) is 10.5. The van der Waals surface area contributed by atoms with Gasteiger partial charge in [0.15, 0.2) is 5.82 Å². The molecule has 0 radical (unpaired) electrons. The van der Waals surface area contributed by atoms with E-state index in [4.69, 9.17) is 21.9 Å². The van der Waals surface area contributed by atoms with Gasteiger partial charge in [-0.05, 0) is 24.1 Å². The molecule has 4 nitrogen and oxygen atoms in total. The lowest BCUT2D eigenvalue weighted by Crippen LogP contribution is -1.95. The van der Waals surface area contributed by atoms with E-state index in [2.05, 4.69) is 24.0 Å². The predicted octanol–water partition coefficient (Wildman–Crippen LogP) is 3.17. The standard InChI is InChI=1S/C12H14ClN3O/c1-7(2)5-11-15-12(17-16-11)8-3-4-9(13)10(14)6-8/h3-4,6-7H,5,14H2,1-2H3. The van der Waals surface area contributed by atoms with Crippen LogP contribution in [0.15, 0.2) is 22.7 Å². The molecule has 0 atom stereocenters. The molecule has 5 heteroatoms. The molecule has 1 aromatic carbocycles. The summed E-state index contributed by atoms with van der Waals surface area (Å²) < 4.78 is 5.19. The molecule has 0 fully saturated rings. The minimum Gasteiger partial charge on any atom is -0.398 e. The van der Waals surface area contributed by atoms with Crippen molar-refractivity contribution >= 4 is 17.3 Å². The minimum absolute atomic E-state index is 0.476. The Kier molecular flexibility index (Phi) is 3.33. The summed E-state index contributed by atoms with van der Waals surface area (Å²) >= 11 is 5.85. The Bertz CT molecular complexity index is 522. The Balaban J connectivity index is 2.27. The highest BCUT2D eigenvalue weighted by Gasteiger charge is 2.10. The van der Waals surface area contributed by atoms with Gasteiger partial charge in [0.1, 0.15) is 0 Å². The fraction of sp³-hybridized carbons (Fsp3) is 0.333. The SMILES string of the molecule is CC(C)Cc1noc(-c2ccc(Cl)c(N)c2)n1. The molecule has 0 saturated carbocycles. The van der Waals surface area contributed by atoms with Crippen LogP contribution in [-0.4, -0.2) is 10.1 Å². The van der Waals surface area contributed by atoms with E-state index < -0.39 is 0 Å². The second-order valence-electron chi connectivity index (χ2n) is 4.35.